The average Bonchev–Trinajstić information content (AvgIpc) is 2.44. The Labute approximate surface area is 127 Å². The summed E-state index contributed by atoms with van der Waals surface area (Å²) in [5.74, 6) is -0.627. The van der Waals surface area contributed by atoms with Crippen molar-refractivity contribution >= 4 is 17.8 Å². The summed E-state index contributed by atoms with van der Waals surface area (Å²) in [7, 11) is 0. The van der Waals surface area contributed by atoms with Gasteiger partial charge < -0.3 is 15.7 Å². The van der Waals surface area contributed by atoms with Crippen LogP contribution in [0.1, 0.15) is 24.5 Å². The van der Waals surface area contributed by atoms with Gasteiger partial charge in [-0.05, 0) is 37.0 Å². The summed E-state index contributed by atoms with van der Waals surface area (Å²) >= 11 is 1.74. The number of nitrogens with one attached hydrogen (secondary N) is 2. The molecule has 1 unspecified atom stereocenters. The van der Waals surface area contributed by atoms with Crippen LogP contribution in [0, 0.1) is 11.6 Å². The maximum Gasteiger partial charge on any atom is 0.314 e. The van der Waals surface area contributed by atoms with Gasteiger partial charge in [-0.15, -0.1) is 0 Å². The average molecular weight is 318 g/mol. The van der Waals surface area contributed by atoms with Crippen LogP contribution in [0.25, 0.3) is 0 Å². The van der Waals surface area contributed by atoms with Crippen molar-refractivity contribution in [3.63, 3.8) is 0 Å². The highest BCUT2D eigenvalue weighted by Crippen LogP contribution is 2.19. The van der Waals surface area contributed by atoms with E-state index in [2.05, 4.69) is 10.6 Å². The normalized spacial score (nSPS) is 12.0. The predicted molar refractivity (Wildman–Crippen MR) is 80.3 cm³/mol. The Bertz CT molecular complexity index is 440. The molecule has 0 saturated carbocycles. The Kier molecular flexibility index (Phi) is 8.07. The van der Waals surface area contributed by atoms with E-state index in [0.717, 1.165) is 30.7 Å². The van der Waals surface area contributed by atoms with Gasteiger partial charge in [0.1, 0.15) is 17.7 Å². The maximum absolute atomic E-state index is 13.4. The van der Waals surface area contributed by atoms with Crippen LogP contribution >= 0.6 is 11.8 Å². The zero-order valence-electron chi connectivity index (χ0n) is 11.9. The lowest BCUT2D eigenvalue weighted by molar-refractivity contribution is 0.164. The standard InChI is InChI=1S/C14H20F2N2O2S/c1-21-8-3-2-7-17-14(20)18-9-12(19)13-10(15)5-4-6-11(13)16/h4-6,12,19H,2-3,7-9H2,1H3,(H2,17,18,20). The molecule has 1 aromatic carbocycles. The number of hydrogen-bond donors (Lipinski definition) is 3. The molecule has 3 N–H and O–H groups in total. The maximum atomic E-state index is 13.4. The molecule has 118 valence electrons. The summed E-state index contributed by atoms with van der Waals surface area (Å²) < 4.78 is 26.8. The molecule has 0 bridgehead atoms. The first-order valence-corrected chi connectivity index (χ1v) is 8.08. The molecule has 0 aliphatic carbocycles. The lowest BCUT2D eigenvalue weighted by Crippen LogP contribution is -2.38. The van der Waals surface area contributed by atoms with Gasteiger partial charge in [-0.2, -0.15) is 11.8 Å². The Morgan fingerprint density at radius 3 is 2.57 bits per heavy atom. The number of amides is 2. The third-order valence-corrected chi connectivity index (χ3v) is 3.55. The van der Waals surface area contributed by atoms with E-state index in [9.17, 15) is 18.7 Å². The Balaban J connectivity index is 2.32. The highest BCUT2D eigenvalue weighted by atomic mass is 32.2. The Morgan fingerprint density at radius 1 is 1.29 bits per heavy atom. The number of rotatable bonds is 8. The smallest absolute Gasteiger partial charge is 0.314 e. The van der Waals surface area contributed by atoms with E-state index in [1.165, 1.54) is 6.07 Å². The van der Waals surface area contributed by atoms with Crippen LogP contribution in [0.2, 0.25) is 0 Å². The molecule has 2 amide bonds. The van der Waals surface area contributed by atoms with Crippen molar-refractivity contribution < 1.29 is 18.7 Å². The van der Waals surface area contributed by atoms with Gasteiger partial charge in [-0.25, -0.2) is 13.6 Å². The van der Waals surface area contributed by atoms with Crippen molar-refractivity contribution in [3.8, 4) is 0 Å². The number of urea groups is 1. The van der Waals surface area contributed by atoms with Crippen LogP contribution in [-0.2, 0) is 0 Å². The third-order valence-electron chi connectivity index (χ3n) is 2.85. The van der Waals surface area contributed by atoms with Crippen molar-refractivity contribution in [3.05, 3.63) is 35.4 Å². The van der Waals surface area contributed by atoms with Gasteiger partial charge in [0.25, 0.3) is 0 Å². The second kappa shape index (κ2) is 9.57. The second-order valence-corrected chi connectivity index (χ2v) is 5.47. The molecule has 0 aliphatic heterocycles. The molecule has 0 saturated heterocycles. The molecule has 0 spiro atoms. The zero-order chi connectivity index (χ0) is 15.7. The van der Waals surface area contributed by atoms with E-state index >= 15 is 0 Å². The van der Waals surface area contributed by atoms with Gasteiger partial charge in [-0.1, -0.05) is 6.07 Å². The van der Waals surface area contributed by atoms with Crippen molar-refractivity contribution in [2.75, 3.05) is 25.1 Å². The molecule has 1 aromatic rings. The lowest BCUT2D eigenvalue weighted by Gasteiger charge is -2.14. The quantitative estimate of drug-likeness (QED) is 0.645. The van der Waals surface area contributed by atoms with E-state index in [1.807, 2.05) is 6.26 Å². The molecule has 0 aliphatic rings. The summed E-state index contributed by atoms with van der Waals surface area (Å²) in [5, 5.41) is 14.8. The molecule has 7 heteroatoms. The van der Waals surface area contributed by atoms with Crippen LogP contribution in [-0.4, -0.2) is 36.2 Å². The summed E-state index contributed by atoms with van der Waals surface area (Å²) in [4.78, 5) is 11.5. The van der Waals surface area contributed by atoms with E-state index < -0.39 is 29.3 Å². The Morgan fingerprint density at radius 2 is 1.95 bits per heavy atom. The monoisotopic (exact) mass is 318 g/mol. The fourth-order valence-corrected chi connectivity index (χ4v) is 2.25. The van der Waals surface area contributed by atoms with E-state index in [4.69, 9.17) is 0 Å². The topological polar surface area (TPSA) is 61.4 Å². The molecule has 1 rings (SSSR count). The molecule has 0 fully saturated rings. The predicted octanol–water partition coefficient (Wildman–Crippen LogP) is 2.44. The summed E-state index contributed by atoms with van der Waals surface area (Å²) in [6.45, 7) is 0.269. The summed E-state index contributed by atoms with van der Waals surface area (Å²) in [5.41, 5.74) is -0.433. The fourth-order valence-electron chi connectivity index (χ4n) is 1.76. The second-order valence-electron chi connectivity index (χ2n) is 4.49. The highest BCUT2D eigenvalue weighted by molar-refractivity contribution is 7.98. The minimum atomic E-state index is -1.42. The van der Waals surface area contributed by atoms with Crippen LogP contribution in [0.5, 0.6) is 0 Å². The van der Waals surface area contributed by atoms with Gasteiger partial charge >= 0.3 is 6.03 Å². The molecular formula is C14H20F2N2O2S. The van der Waals surface area contributed by atoms with Gasteiger partial charge in [0.2, 0.25) is 0 Å². The van der Waals surface area contributed by atoms with Crippen LogP contribution in [0.15, 0.2) is 18.2 Å². The number of halogens is 2. The van der Waals surface area contributed by atoms with Crippen molar-refractivity contribution in [2.24, 2.45) is 0 Å². The number of benzene rings is 1. The minimum Gasteiger partial charge on any atom is -0.386 e. The zero-order valence-corrected chi connectivity index (χ0v) is 12.7. The highest BCUT2D eigenvalue weighted by Gasteiger charge is 2.18. The van der Waals surface area contributed by atoms with E-state index in [0.29, 0.717) is 6.54 Å². The molecular weight excluding hydrogens is 298 g/mol. The number of hydrogen-bond acceptors (Lipinski definition) is 3. The SMILES string of the molecule is CSCCCCNC(=O)NCC(O)c1c(F)cccc1F. The molecule has 4 nitrogen and oxygen atoms in total. The third kappa shape index (κ3) is 6.31. The number of carbonyl (C=O) groups excluding carboxylic acids is 1. The van der Waals surface area contributed by atoms with Gasteiger partial charge in [0, 0.05) is 13.1 Å². The van der Waals surface area contributed by atoms with E-state index in [-0.39, 0.29) is 6.54 Å². The van der Waals surface area contributed by atoms with Gasteiger partial charge in [-0.3, -0.25) is 0 Å². The molecule has 1 atom stereocenters. The van der Waals surface area contributed by atoms with Crippen molar-refractivity contribution in [2.45, 2.75) is 18.9 Å². The number of aliphatic hydroxyl groups is 1. The molecule has 0 aromatic heterocycles. The largest absolute Gasteiger partial charge is 0.386 e. The van der Waals surface area contributed by atoms with Gasteiger partial charge in [0.15, 0.2) is 0 Å². The molecule has 0 heterocycles. The van der Waals surface area contributed by atoms with Crippen molar-refractivity contribution in [1.82, 2.24) is 10.6 Å². The number of aliphatic hydroxyl groups excluding tert-OH is 1. The first kappa shape index (κ1) is 17.7. The van der Waals surface area contributed by atoms with Crippen LogP contribution in [0.4, 0.5) is 13.6 Å². The number of thioether (sulfide) groups is 1. The number of carbonyl (C=O) groups is 1. The minimum absolute atomic E-state index is 0.255. The summed E-state index contributed by atoms with van der Waals surface area (Å²) in [6, 6.07) is 2.88. The molecule has 0 radical (unpaired) electrons. The Hall–Kier alpha value is -1.34. The van der Waals surface area contributed by atoms with Crippen LogP contribution in [0.3, 0.4) is 0 Å². The number of unbranched alkanes of at least 4 members (excludes halogenated alkanes) is 1. The van der Waals surface area contributed by atoms with Gasteiger partial charge in [0.05, 0.1) is 5.56 Å². The lowest BCUT2D eigenvalue weighted by atomic mass is 10.1. The molecule has 21 heavy (non-hydrogen) atoms. The first-order valence-electron chi connectivity index (χ1n) is 6.69. The van der Waals surface area contributed by atoms with E-state index in [1.54, 1.807) is 11.8 Å². The first-order chi connectivity index (χ1) is 10.1. The fraction of sp³-hybridized carbons (Fsp3) is 0.500. The summed E-state index contributed by atoms with van der Waals surface area (Å²) in [6.07, 6.45) is 2.46. The van der Waals surface area contributed by atoms with Crippen LogP contribution < -0.4 is 10.6 Å². The van der Waals surface area contributed by atoms with Crippen molar-refractivity contribution in [1.29, 1.82) is 0 Å².